The molecule has 1 fully saturated rings. The van der Waals surface area contributed by atoms with Crippen molar-refractivity contribution < 1.29 is 9.59 Å². The molecule has 1 saturated heterocycles. The van der Waals surface area contributed by atoms with E-state index in [9.17, 15) is 9.59 Å². The van der Waals surface area contributed by atoms with E-state index >= 15 is 0 Å². The van der Waals surface area contributed by atoms with Crippen LogP contribution in [-0.2, 0) is 9.59 Å². The molecule has 0 aliphatic carbocycles. The fourth-order valence-corrected chi connectivity index (χ4v) is 2.41. The molecular weight excluding hydrogens is 230 g/mol. The van der Waals surface area contributed by atoms with E-state index < -0.39 is 6.04 Å². The van der Waals surface area contributed by atoms with E-state index in [2.05, 4.69) is 19.2 Å². The van der Waals surface area contributed by atoms with Crippen LogP contribution in [0.2, 0.25) is 0 Å². The summed E-state index contributed by atoms with van der Waals surface area (Å²) in [7, 11) is 1.65. The van der Waals surface area contributed by atoms with Gasteiger partial charge in [-0.1, -0.05) is 13.8 Å². The van der Waals surface area contributed by atoms with Crippen LogP contribution in [0.1, 0.15) is 33.1 Å². The Balaban J connectivity index is 2.42. The molecule has 1 aliphatic heterocycles. The minimum atomic E-state index is -0.401. The summed E-state index contributed by atoms with van der Waals surface area (Å²) in [6.07, 6.45) is 2.19. The zero-order valence-electron chi connectivity index (χ0n) is 11.6. The van der Waals surface area contributed by atoms with Gasteiger partial charge in [-0.25, -0.2) is 0 Å². The van der Waals surface area contributed by atoms with Gasteiger partial charge in [-0.3, -0.25) is 9.59 Å². The third-order valence-electron chi connectivity index (χ3n) is 3.47. The Morgan fingerprint density at radius 1 is 1.33 bits per heavy atom. The molecule has 3 N–H and O–H groups in total. The lowest BCUT2D eigenvalue weighted by Crippen LogP contribution is -2.49. The average molecular weight is 255 g/mol. The normalized spacial score (nSPS) is 18.8. The van der Waals surface area contributed by atoms with Gasteiger partial charge in [0, 0.05) is 26.1 Å². The Morgan fingerprint density at radius 2 is 1.89 bits per heavy atom. The number of nitrogens with two attached hydrogens (primary N) is 1. The summed E-state index contributed by atoms with van der Waals surface area (Å²) < 4.78 is 0. The standard InChI is InChI=1S/C13H25N3O2/c1-9(2)8-11(14)13(18)16-6-4-10(5-7-16)12(17)15-3/h9-11H,4-8,14H2,1-3H3,(H,15,17)/t11-/m1/s1. The minimum Gasteiger partial charge on any atom is -0.359 e. The van der Waals surface area contributed by atoms with E-state index in [-0.39, 0.29) is 17.7 Å². The number of piperidine rings is 1. The van der Waals surface area contributed by atoms with Crippen molar-refractivity contribution in [3.8, 4) is 0 Å². The molecule has 5 nitrogen and oxygen atoms in total. The first-order valence-electron chi connectivity index (χ1n) is 6.71. The van der Waals surface area contributed by atoms with Crippen LogP contribution in [0.3, 0.4) is 0 Å². The predicted molar refractivity (Wildman–Crippen MR) is 70.8 cm³/mol. The van der Waals surface area contributed by atoms with Gasteiger partial charge in [-0.2, -0.15) is 0 Å². The van der Waals surface area contributed by atoms with Crippen LogP contribution in [0.15, 0.2) is 0 Å². The molecule has 5 heteroatoms. The number of nitrogens with zero attached hydrogens (tertiary/aromatic N) is 1. The number of likely N-dealkylation sites (tertiary alicyclic amines) is 1. The smallest absolute Gasteiger partial charge is 0.239 e. The molecule has 0 aromatic heterocycles. The summed E-state index contributed by atoms with van der Waals surface area (Å²) in [4.78, 5) is 25.4. The van der Waals surface area contributed by atoms with Crippen LogP contribution in [0.5, 0.6) is 0 Å². The molecule has 18 heavy (non-hydrogen) atoms. The van der Waals surface area contributed by atoms with Gasteiger partial charge < -0.3 is 16.0 Å². The van der Waals surface area contributed by atoms with Crippen molar-refractivity contribution >= 4 is 11.8 Å². The molecule has 0 bridgehead atoms. The molecule has 1 aliphatic rings. The van der Waals surface area contributed by atoms with Gasteiger partial charge in [-0.15, -0.1) is 0 Å². The van der Waals surface area contributed by atoms with Crippen LogP contribution in [0, 0.1) is 11.8 Å². The third kappa shape index (κ3) is 3.98. The first-order valence-corrected chi connectivity index (χ1v) is 6.71. The van der Waals surface area contributed by atoms with Crippen molar-refractivity contribution in [3.63, 3.8) is 0 Å². The summed E-state index contributed by atoms with van der Waals surface area (Å²) in [5.41, 5.74) is 5.90. The van der Waals surface area contributed by atoms with Gasteiger partial charge in [-0.05, 0) is 25.2 Å². The molecule has 0 unspecified atom stereocenters. The fraction of sp³-hybridized carbons (Fsp3) is 0.846. The molecule has 1 atom stereocenters. The van der Waals surface area contributed by atoms with Gasteiger partial charge in [0.2, 0.25) is 11.8 Å². The highest BCUT2D eigenvalue weighted by atomic mass is 16.2. The molecule has 104 valence electrons. The highest BCUT2D eigenvalue weighted by Crippen LogP contribution is 2.18. The predicted octanol–water partition coefficient (Wildman–Crippen LogP) is 0.344. The SMILES string of the molecule is CNC(=O)C1CCN(C(=O)[C@H](N)CC(C)C)CC1. The lowest BCUT2D eigenvalue weighted by Gasteiger charge is -2.33. The maximum absolute atomic E-state index is 12.1. The molecule has 0 spiro atoms. The molecular formula is C13H25N3O2. The van der Waals surface area contributed by atoms with Crippen LogP contribution in [0.4, 0.5) is 0 Å². The number of amides is 2. The quantitative estimate of drug-likeness (QED) is 0.761. The molecule has 0 saturated carbocycles. The molecule has 0 aromatic rings. The minimum absolute atomic E-state index is 0.0269. The highest BCUT2D eigenvalue weighted by molar-refractivity contribution is 5.82. The molecule has 1 rings (SSSR count). The van der Waals surface area contributed by atoms with E-state index in [0.29, 0.717) is 25.4 Å². The number of hydrogen-bond donors (Lipinski definition) is 2. The van der Waals surface area contributed by atoms with E-state index in [4.69, 9.17) is 5.73 Å². The zero-order valence-corrected chi connectivity index (χ0v) is 11.6. The topological polar surface area (TPSA) is 75.4 Å². The summed E-state index contributed by atoms with van der Waals surface area (Å²) in [5.74, 6) is 0.570. The zero-order chi connectivity index (χ0) is 13.7. The molecule has 2 amide bonds. The number of hydrogen-bond acceptors (Lipinski definition) is 3. The largest absolute Gasteiger partial charge is 0.359 e. The second-order valence-electron chi connectivity index (χ2n) is 5.45. The summed E-state index contributed by atoms with van der Waals surface area (Å²) in [5, 5.41) is 2.66. The summed E-state index contributed by atoms with van der Waals surface area (Å²) in [6, 6.07) is -0.401. The van der Waals surface area contributed by atoms with Gasteiger partial charge in [0.25, 0.3) is 0 Å². The van der Waals surface area contributed by atoms with Crippen molar-refractivity contribution in [1.82, 2.24) is 10.2 Å². The molecule has 1 heterocycles. The van der Waals surface area contributed by atoms with Crippen LogP contribution in [0.25, 0.3) is 0 Å². The maximum Gasteiger partial charge on any atom is 0.239 e. The second kappa shape index (κ2) is 6.73. The van der Waals surface area contributed by atoms with Crippen LogP contribution in [-0.4, -0.2) is 42.9 Å². The van der Waals surface area contributed by atoms with Crippen LogP contribution < -0.4 is 11.1 Å². The summed E-state index contributed by atoms with van der Waals surface area (Å²) in [6.45, 7) is 5.40. The lowest BCUT2D eigenvalue weighted by molar-refractivity contribution is -0.136. The van der Waals surface area contributed by atoms with Gasteiger partial charge in [0.05, 0.1) is 6.04 Å². The van der Waals surface area contributed by atoms with Gasteiger partial charge in [0.1, 0.15) is 0 Å². The summed E-state index contributed by atoms with van der Waals surface area (Å²) >= 11 is 0. The van der Waals surface area contributed by atoms with Crippen LogP contribution >= 0.6 is 0 Å². The van der Waals surface area contributed by atoms with Crippen molar-refractivity contribution in [1.29, 1.82) is 0 Å². The van der Waals surface area contributed by atoms with E-state index in [1.54, 1.807) is 11.9 Å². The first kappa shape index (κ1) is 15.0. The Bertz CT molecular complexity index is 297. The van der Waals surface area contributed by atoms with E-state index in [1.165, 1.54) is 0 Å². The van der Waals surface area contributed by atoms with Gasteiger partial charge >= 0.3 is 0 Å². The third-order valence-corrected chi connectivity index (χ3v) is 3.47. The second-order valence-corrected chi connectivity index (χ2v) is 5.45. The number of nitrogens with one attached hydrogen (secondary N) is 1. The Hall–Kier alpha value is -1.10. The van der Waals surface area contributed by atoms with Crippen molar-refractivity contribution in [3.05, 3.63) is 0 Å². The molecule has 0 aromatic carbocycles. The van der Waals surface area contributed by atoms with E-state index in [1.807, 2.05) is 0 Å². The Morgan fingerprint density at radius 3 is 2.33 bits per heavy atom. The first-order chi connectivity index (χ1) is 8.45. The molecule has 0 radical (unpaired) electrons. The average Bonchev–Trinajstić information content (AvgIpc) is 2.36. The van der Waals surface area contributed by atoms with Crippen molar-refractivity contribution in [2.45, 2.75) is 39.2 Å². The number of carbonyl (C=O) groups is 2. The van der Waals surface area contributed by atoms with Gasteiger partial charge in [0.15, 0.2) is 0 Å². The fourth-order valence-electron chi connectivity index (χ4n) is 2.41. The Labute approximate surface area is 109 Å². The number of carbonyl (C=O) groups excluding carboxylic acids is 2. The van der Waals surface area contributed by atoms with Crippen molar-refractivity contribution in [2.24, 2.45) is 17.6 Å². The monoisotopic (exact) mass is 255 g/mol. The van der Waals surface area contributed by atoms with Crippen molar-refractivity contribution in [2.75, 3.05) is 20.1 Å². The van der Waals surface area contributed by atoms with E-state index in [0.717, 1.165) is 12.8 Å². The number of rotatable bonds is 4. The highest BCUT2D eigenvalue weighted by Gasteiger charge is 2.29. The Kier molecular flexibility index (Phi) is 5.59. The maximum atomic E-state index is 12.1. The lowest BCUT2D eigenvalue weighted by atomic mass is 9.95.